The standard InChI is InChI=1S/C18H36O4S.K/c1-3-5-7-9-10-12-14-16-18(17-22-23(19,20)21)15-13-11-8-6-4-2;/h13,15,18H,3-12,14,16-17H2,1-2H3,(H,19,20,21);/q;+1/p-1/b15-13+;. The third kappa shape index (κ3) is 21.3. The van der Waals surface area contributed by atoms with E-state index >= 15 is 0 Å². The van der Waals surface area contributed by atoms with Gasteiger partial charge in [-0.25, -0.2) is 8.42 Å². The van der Waals surface area contributed by atoms with Gasteiger partial charge in [0, 0.05) is 5.92 Å². The topological polar surface area (TPSA) is 66.4 Å². The summed E-state index contributed by atoms with van der Waals surface area (Å²) < 4.78 is 36.3. The molecule has 0 aromatic rings. The molecule has 1 atom stereocenters. The van der Waals surface area contributed by atoms with Crippen LogP contribution in [-0.4, -0.2) is 19.6 Å². The van der Waals surface area contributed by atoms with Gasteiger partial charge in [0.25, 0.3) is 0 Å². The number of unbranched alkanes of at least 4 members (excludes halogenated alkanes) is 9. The van der Waals surface area contributed by atoms with E-state index in [9.17, 15) is 13.0 Å². The van der Waals surface area contributed by atoms with Crippen molar-refractivity contribution in [3.63, 3.8) is 0 Å². The van der Waals surface area contributed by atoms with Crippen LogP contribution in [0.4, 0.5) is 0 Å². The van der Waals surface area contributed by atoms with Crippen molar-refractivity contribution in [2.75, 3.05) is 6.61 Å². The van der Waals surface area contributed by atoms with Crippen LogP contribution in [0.3, 0.4) is 0 Å². The van der Waals surface area contributed by atoms with Crippen LogP contribution in [0.2, 0.25) is 0 Å². The van der Waals surface area contributed by atoms with Crippen molar-refractivity contribution in [2.24, 2.45) is 5.92 Å². The van der Waals surface area contributed by atoms with Gasteiger partial charge in [0.1, 0.15) is 0 Å². The van der Waals surface area contributed by atoms with Crippen molar-refractivity contribution >= 4 is 10.4 Å². The zero-order valence-corrected chi connectivity index (χ0v) is 19.9. The van der Waals surface area contributed by atoms with Gasteiger partial charge in [0.05, 0.1) is 6.61 Å². The fraction of sp³-hybridized carbons (Fsp3) is 0.889. The number of allylic oxidation sites excluding steroid dienone is 1. The maximum Gasteiger partial charge on any atom is 1.00 e. The van der Waals surface area contributed by atoms with Gasteiger partial charge < -0.3 is 4.55 Å². The zero-order chi connectivity index (χ0) is 17.4. The molecule has 138 valence electrons. The third-order valence-corrected chi connectivity index (χ3v) is 4.41. The van der Waals surface area contributed by atoms with E-state index in [1.807, 2.05) is 6.08 Å². The minimum Gasteiger partial charge on any atom is -0.726 e. The molecule has 0 bridgehead atoms. The number of hydrogen-bond acceptors (Lipinski definition) is 4. The second-order valence-electron chi connectivity index (χ2n) is 6.29. The molecule has 0 saturated carbocycles. The van der Waals surface area contributed by atoms with E-state index in [0.29, 0.717) is 0 Å². The molecular formula is C18H35KO4S. The van der Waals surface area contributed by atoms with E-state index in [-0.39, 0.29) is 63.9 Å². The molecule has 0 heterocycles. The largest absolute Gasteiger partial charge is 1.00 e. The summed E-state index contributed by atoms with van der Waals surface area (Å²) in [6.45, 7) is 4.35. The van der Waals surface area contributed by atoms with Gasteiger partial charge in [-0.05, 0) is 19.3 Å². The van der Waals surface area contributed by atoms with Crippen molar-refractivity contribution < 1.29 is 68.5 Å². The van der Waals surface area contributed by atoms with Crippen molar-refractivity contribution in [3.05, 3.63) is 12.2 Å². The smallest absolute Gasteiger partial charge is 0.726 e. The first-order valence-corrected chi connectivity index (χ1v) is 10.6. The quantitative estimate of drug-likeness (QED) is 0.134. The normalized spacial score (nSPS) is 13.1. The summed E-state index contributed by atoms with van der Waals surface area (Å²) in [7, 11) is -4.59. The molecule has 0 amide bonds. The summed E-state index contributed by atoms with van der Waals surface area (Å²) in [6, 6.07) is 0. The molecule has 0 aromatic heterocycles. The fourth-order valence-electron chi connectivity index (χ4n) is 2.57. The first-order valence-electron chi connectivity index (χ1n) is 9.26. The van der Waals surface area contributed by atoms with Gasteiger partial charge in [-0.2, -0.15) is 0 Å². The monoisotopic (exact) mass is 386 g/mol. The SMILES string of the molecule is CCCCC/C=C/C(CCCCCCCCC)COS(=O)(=O)[O-].[K+]. The Morgan fingerprint density at radius 3 is 2.04 bits per heavy atom. The average molecular weight is 387 g/mol. The summed E-state index contributed by atoms with van der Waals surface area (Å²) in [5.74, 6) is 0.0241. The van der Waals surface area contributed by atoms with Crippen molar-refractivity contribution in [1.29, 1.82) is 0 Å². The maximum atomic E-state index is 10.6. The summed E-state index contributed by atoms with van der Waals surface area (Å²) in [4.78, 5) is 0. The Balaban J connectivity index is 0. The molecule has 0 rings (SSSR count). The molecule has 24 heavy (non-hydrogen) atoms. The molecule has 0 N–H and O–H groups in total. The Labute approximate surface area is 192 Å². The molecule has 0 aromatic carbocycles. The minimum absolute atomic E-state index is 0. The summed E-state index contributed by atoms with van der Waals surface area (Å²) >= 11 is 0. The Morgan fingerprint density at radius 1 is 0.917 bits per heavy atom. The molecule has 0 fully saturated rings. The van der Waals surface area contributed by atoms with Crippen LogP contribution < -0.4 is 51.4 Å². The van der Waals surface area contributed by atoms with E-state index in [0.717, 1.165) is 32.1 Å². The van der Waals surface area contributed by atoms with E-state index in [1.165, 1.54) is 44.9 Å². The Kier molecular flexibility index (Phi) is 21.8. The average Bonchev–Trinajstić information content (AvgIpc) is 2.49. The first-order chi connectivity index (χ1) is 11.0. The van der Waals surface area contributed by atoms with Crippen LogP contribution in [0.1, 0.15) is 90.9 Å². The van der Waals surface area contributed by atoms with Crippen molar-refractivity contribution in [3.8, 4) is 0 Å². The second kappa shape index (κ2) is 19.0. The van der Waals surface area contributed by atoms with Gasteiger partial charge >= 0.3 is 51.4 Å². The van der Waals surface area contributed by atoms with Crippen molar-refractivity contribution in [1.82, 2.24) is 0 Å². The number of hydrogen-bond donors (Lipinski definition) is 0. The van der Waals surface area contributed by atoms with Crippen LogP contribution in [-0.2, 0) is 14.6 Å². The van der Waals surface area contributed by atoms with Crippen molar-refractivity contribution in [2.45, 2.75) is 90.9 Å². The third-order valence-electron chi connectivity index (χ3n) is 3.99. The molecular weight excluding hydrogens is 351 g/mol. The predicted octanol–water partition coefficient (Wildman–Crippen LogP) is 2.36. The predicted molar refractivity (Wildman–Crippen MR) is 95.0 cm³/mol. The Bertz CT molecular complexity index is 382. The molecule has 1 unspecified atom stereocenters. The van der Waals surface area contributed by atoms with E-state index < -0.39 is 10.4 Å². The minimum atomic E-state index is -4.59. The second-order valence-corrected chi connectivity index (χ2v) is 7.34. The van der Waals surface area contributed by atoms with Gasteiger partial charge in [-0.1, -0.05) is 83.8 Å². The Hall–Kier alpha value is 1.25. The Morgan fingerprint density at radius 2 is 1.46 bits per heavy atom. The molecule has 0 spiro atoms. The van der Waals surface area contributed by atoms with Crippen LogP contribution in [0.5, 0.6) is 0 Å². The van der Waals surface area contributed by atoms with Crippen LogP contribution >= 0.6 is 0 Å². The van der Waals surface area contributed by atoms with Gasteiger partial charge in [0.2, 0.25) is 10.4 Å². The first kappa shape index (κ1) is 27.5. The van der Waals surface area contributed by atoms with E-state index in [1.54, 1.807) is 0 Å². The van der Waals surface area contributed by atoms with Crippen LogP contribution in [0.15, 0.2) is 12.2 Å². The molecule has 0 radical (unpaired) electrons. The van der Waals surface area contributed by atoms with Crippen LogP contribution in [0, 0.1) is 5.92 Å². The van der Waals surface area contributed by atoms with Gasteiger partial charge in [-0.3, -0.25) is 4.18 Å². The molecule has 4 nitrogen and oxygen atoms in total. The molecule has 0 saturated heterocycles. The molecule has 6 heteroatoms. The fourth-order valence-corrected chi connectivity index (χ4v) is 2.91. The molecule has 0 aliphatic heterocycles. The molecule has 0 aliphatic carbocycles. The number of rotatable bonds is 16. The van der Waals surface area contributed by atoms with E-state index in [4.69, 9.17) is 0 Å². The molecule has 0 aliphatic rings. The zero-order valence-electron chi connectivity index (χ0n) is 16.0. The van der Waals surface area contributed by atoms with Gasteiger partial charge in [0.15, 0.2) is 0 Å². The van der Waals surface area contributed by atoms with Gasteiger partial charge in [-0.15, -0.1) is 0 Å². The van der Waals surface area contributed by atoms with E-state index in [2.05, 4.69) is 24.1 Å². The summed E-state index contributed by atoms with van der Waals surface area (Å²) in [5, 5.41) is 0. The van der Waals surface area contributed by atoms with Crippen LogP contribution in [0.25, 0.3) is 0 Å². The summed E-state index contributed by atoms with van der Waals surface area (Å²) in [6.07, 6.45) is 18.1. The summed E-state index contributed by atoms with van der Waals surface area (Å²) in [5.41, 5.74) is 0. The maximum absolute atomic E-state index is 10.6.